The van der Waals surface area contributed by atoms with Gasteiger partial charge in [0, 0.05) is 17.9 Å². The molecular weight excluding hydrogens is 220 g/mol. The largest absolute Gasteiger partial charge is 0.467 e. The highest BCUT2D eigenvalue weighted by Gasteiger charge is 2.30. The minimum absolute atomic E-state index is 0.285. The number of benzene rings is 1. The lowest BCUT2D eigenvalue weighted by atomic mass is 10.1. The van der Waals surface area contributed by atoms with Crippen LogP contribution in [-0.4, -0.2) is 38.9 Å². The highest BCUT2D eigenvalue weighted by molar-refractivity contribution is 5.80. The average Bonchev–Trinajstić information content (AvgIpc) is 2.38. The van der Waals surface area contributed by atoms with E-state index in [1.807, 2.05) is 29.2 Å². The quantitative estimate of drug-likeness (QED) is 0.603. The van der Waals surface area contributed by atoms with E-state index < -0.39 is 6.04 Å². The molecule has 1 fully saturated rings. The number of rotatable bonds is 2. The molecule has 0 spiro atoms. The van der Waals surface area contributed by atoms with E-state index in [1.54, 1.807) is 0 Å². The van der Waals surface area contributed by atoms with Crippen LogP contribution in [0.1, 0.15) is 0 Å². The maximum Gasteiger partial charge on any atom is 0.330 e. The Morgan fingerprint density at radius 1 is 1.59 bits per heavy atom. The van der Waals surface area contributed by atoms with Crippen LogP contribution in [0.5, 0.6) is 0 Å². The van der Waals surface area contributed by atoms with Crippen molar-refractivity contribution < 1.29 is 14.3 Å². The second kappa shape index (κ2) is 5.05. The van der Waals surface area contributed by atoms with Crippen molar-refractivity contribution in [1.82, 2.24) is 0 Å². The molecule has 1 aromatic rings. The molecule has 1 atom stereocenters. The Hall–Kier alpha value is -1.75. The Bertz CT molecular complexity index is 408. The molecule has 0 saturated carbocycles. The first-order chi connectivity index (χ1) is 8.22. The van der Waals surface area contributed by atoms with E-state index in [1.165, 1.54) is 7.11 Å². The summed E-state index contributed by atoms with van der Waals surface area (Å²) in [6, 6.07) is 7.07. The summed E-state index contributed by atoms with van der Waals surface area (Å²) >= 11 is 0. The maximum absolute atomic E-state index is 11.7. The zero-order valence-corrected chi connectivity index (χ0v) is 9.76. The van der Waals surface area contributed by atoms with Crippen LogP contribution in [0.3, 0.4) is 0 Å². The number of nitrogens with zero attached hydrogens (tertiary/aromatic N) is 1. The van der Waals surface area contributed by atoms with E-state index in [-0.39, 0.29) is 5.97 Å². The second-order valence-corrected chi connectivity index (χ2v) is 3.90. The number of hydrogen-bond donors (Lipinski definition) is 1. The monoisotopic (exact) mass is 236 g/mol. The maximum atomic E-state index is 11.7. The van der Waals surface area contributed by atoms with Gasteiger partial charge < -0.3 is 20.1 Å². The molecule has 5 nitrogen and oxygen atoms in total. The molecule has 1 aliphatic heterocycles. The van der Waals surface area contributed by atoms with Crippen LogP contribution >= 0.6 is 0 Å². The normalized spacial score (nSPS) is 20.1. The van der Waals surface area contributed by atoms with Gasteiger partial charge in [0.15, 0.2) is 6.04 Å². The van der Waals surface area contributed by atoms with Crippen molar-refractivity contribution in [2.45, 2.75) is 6.04 Å². The van der Waals surface area contributed by atoms with Crippen molar-refractivity contribution >= 4 is 17.3 Å². The van der Waals surface area contributed by atoms with E-state index in [0.29, 0.717) is 25.4 Å². The molecule has 0 aliphatic carbocycles. The van der Waals surface area contributed by atoms with Gasteiger partial charge in [0.1, 0.15) is 0 Å². The molecule has 5 heteroatoms. The lowest BCUT2D eigenvalue weighted by Gasteiger charge is -2.35. The van der Waals surface area contributed by atoms with Crippen molar-refractivity contribution in [3.63, 3.8) is 0 Å². The van der Waals surface area contributed by atoms with Crippen LogP contribution in [-0.2, 0) is 14.3 Å². The molecular formula is C12H16N2O3. The number of anilines is 2. The molecule has 2 N–H and O–H groups in total. The summed E-state index contributed by atoms with van der Waals surface area (Å²) in [4.78, 5) is 13.6. The third kappa shape index (κ3) is 2.50. The first kappa shape index (κ1) is 11.7. The Morgan fingerprint density at radius 2 is 2.41 bits per heavy atom. The molecule has 1 aliphatic rings. The summed E-state index contributed by atoms with van der Waals surface area (Å²) in [6.07, 6.45) is 0. The molecule has 0 bridgehead atoms. The van der Waals surface area contributed by atoms with Crippen LogP contribution in [0, 0.1) is 0 Å². The minimum Gasteiger partial charge on any atom is -0.467 e. The van der Waals surface area contributed by atoms with Gasteiger partial charge in [0.2, 0.25) is 0 Å². The van der Waals surface area contributed by atoms with Crippen LogP contribution in [0.4, 0.5) is 11.4 Å². The smallest absolute Gasteiger partial charge is 0.330 e. The SMILES string of the molecule is COC(=O)C1COCCN1c1cccc(N)c1. The Kier molecular flexibility index (Phi) is 3.49. The van der Waals surface area contributed by atoms with Gasteiger partial charge in [-0.25, -0.2) is 4.79 Å². The number of esters is 1. The van der Waals surface area contributed by atoms with Gasteiger partial charge in [-0.1, -0.05) is 6.07 Å². The lowest BCUT2D eigenvalue weighted by molar-refractivity contribution is -0.144. The number of morpholine rings is 1. The molecule has 0 amide bonds. The number of ether oxygens (including phenoxy) is 2. The van der Waals surface area contributed by atoms with E-state index in [0.717, 1.165) is 5.69 Å². The van der Waals surface area contributed by atoms with Gasteiger partial charge in [-0.3, -0.25) is 0 Å². The number of nitrogen functional groups attached to an aromatic ring is 1. The standard InChI is InChI=1S/C12H16N2O3/c1-16-12(15)11-8-17-6-5-14(11)10-4-2-3-9(13)7-10/h2-4,7,11H,5-6,8,13H2,1H3. The zero-order chi connectivity index (χ0) is 12.3. The number of hydrogen-bond acceptors (Lipinski definition) is 5. The Balaban J connectivity index is 2.24. The topological polar surface area (TPSA) is 64.8 Å². The fourth-order valence-corrected chi connectivity index (χ4v) is 1.95. The molecule has 17 heavy (non-hydrogen) atoms. The third-order valence-corrected chi connectivity index (χ3v) is 2.80. The van der Waals surface area contributed by atoms with Gasteiger partial charge in [0.05, 0.1) is 20.3 Å². The molecule has 92 valence electrons. The first-order valence-corrected chi connectivity index (χ1v) is 5.50. The van der Waals surface area contributed by atoms with Crippen LogP contribution in [0.2, 0.25) is 0 Å². The predicted octanol–water partition coefficient (Wildman–Crippen LogP) is 0.647. The fourth-order valence-electron chi connectivity index (χ4n) is 1.95. The third-order valence-electron chi connectivity index (χ3n) is 2.80. The summed E-state index contributed by atoms with van der Waals surface area (Å²) in [6.45, 7) is 1.60. The highest BCUT2D eigenvalue weighted by Crippen LogP contribution is 2.22. The van der Waals surface area contributed by atoms with Gasteiger partial charge in [-0.2, -0.15) is 0 Å². The van der Waals surface area contributed by atoms with Gasteiger partial charge >= 0.3 is 5.97 Å². The molecule has 2 rings (SSSR count). The molecule has 0 aromatic heterocycles. The second-order valence-electron chi connectivity index (χ2n) is 3.90. The van der Waals surface area contributed by atoms with Crippen molar-refractivity contribution in [3.8, 4) is 0 Å². The zero-order valence-electron chi connectivity index (χ0n) is 9.76. The number of methoxy groups -OCH3 is 1. The lowest BCUT2D eigenvalue weighted by Crippen LogP contribution is -2.50. The number of nitrogens with two attached hydrogens (primary N) is 1. The van der Waals surface area contributed by atoms with Crippen LogP contribution in [0.25, 0.3) is 0 Å². The average molecular weight is 236 g/mol. The van der Waals surface area contributed by atoms with Crippen molar-refractivity contribution in [3.05, 3.63) is 24.3 Å². The van der Waals surface area contributed by atoms with Gasteiger partial charge in [-0.05, 0) is 18.2 Å². The summed E-state index contributed by atoms with van der Waals surface area (Å²) in [5.74, 6) is -0.285. The molecule has 1 heterocycles. The minimum atomic E-state index is -0.393. The van der Waals surface area contributed by atoms with E-state index in [4.69, 9.17) is 15.2 Å². The molecule has 1 saturated heterocycles. The molecule has 0 radical (unpaired) electrons. The Labute approximate surface area is 100 Å². The summed E-state index contributed by atoms with van der Waals surface area (Å²) in [7, 11) is 1.38. The fraction of sp³-hybridized carbons (Fsp3) is 0.417. The summed E-state index contributed by atoms with van der Waals surface area (Å²) in [5.41, 5.74) is 7.34. The van der Waals surface area contributed by atoms with Gasteiger partial charge in [-0.15, -0.1) is 0 Å². The van der Waals surface area contributed by atoms with Crippen molar-refractivity contribution in [2.75, 3.05) is 37.5 Å². The van der Waals surface area contributed by atoms with Gasteiger partial charge in [0.25, 0.3) is 0 Å². The molecule has 1 unspecified atom stereocenters. The highest BCUT2D eigenvalue weighted by atomic mass is 16.5. The summed E-state index contributed by atoms with van der Waals surface area (Å²) in [5, 5.41) is 0. The number of carbonyl (C=O) groups is 1. The summed E-state index contributed by atoms with van der Waals surface area (Å²) < 4.78 is 10.1. The number of carbonyl (C=O) groups excluding carboxylic acids is 1. The van der Waals surface area contributed by atoms with E-state index in [2.05, 4.69) is 0 Å². The molecule has 1 aromatic carbocycles. The van der Waals surface area contributed by atoms with Crippen molar-refractivity contribution in [1.29, 1.82) is 0 Å². The first-order valence-electron chi connectivity index (χ1n) is 5.50. The van der Waals surface area contributed by atoms with Crippen LogP contribution in [0.15, 0.2) is 24.3 Å². The van der Waals surface area contributed by atoms with Crippen LogP contribution < -0.4 is 10.6 Å². The van der Waals surface area contributed by atoms with E-state index in [9.17, 15) is 4.79 Å². The van der Waals surface area contributed by atoms with Crippen molar-refractivity contribution in [2.24, 2.45) is 0 Å². The predicted molar refractivity (Wildman–Crippen MR) is 64.8 cm³/mol. The van der Waals surface area contributed by atoms with E-state index >= 15 is 0 Å². The Morgan fingerprint density at radius 3 is 3.12 bits per heavy atom.